The van der Waals surface area contributed by atoms with Crippen molar-refractivity contribution in [2.24, 2.45) is 11.8 Å². The summed E-state index contributed by atoms with van der Waals surface area (Å²) in [6.45, 7) is 7.41. The van der Waals surface area contributed by atoms with Gasteiger partial charge in [0, 0.05) is 19.1 Å². The summed E-state index contributed by atoms with van der Waals surface area (Å²) >= 11 is 0. The largest absolute Gasteiger partial charge is 0.389 e. The fourth-order valence-electron chi connectivity index (χ4n) is 2.07. The van der Waals surface area contributed by atoms with Crippen molar-refractivity contribution in [1.82, 2.24) is 4.90 Å². The molecule has 13 heavy (non-hydrogen) atoms. The molecule has 1 fully saturated rings. The highest BCUT2D eigenvalue weighted by Gasteiger charge is 2.33. The summed E-state index contributed by atoms with van der Waals surface area (Å²) in [5.74, 6) is 1.30. The molecule has 0 amide bonds. The van der Waals surface area contributed by atoms with E-state index in [-0.39, 0.29) is 0 Å². The normalized spacial score (nSPS) is 38.1. The van der Waals surface area contributed by atoms with Crippen LogP contribution in [-0.2, 0) is 0 Å². The highest BCUT2D eigenvalue weighted by Crippen LogP contribution is 2.28. The van der Waals surface area contributed by atoms with E-state index in [9.17, 15) is 9.50 Å². The second-order valence-corrected chi connectivity index (χ2v) is 4.34. The number of halogens is 1. The maximum absolute atomic E-state index is 12.1. The van der Waals surface area contributed by atoms with Crippen molar-refractivity contribution in [3.8, 4) is 0 Å². The van der Waals surface area contributed by atoms with Crippen LogP contribution in [0.1, 0.15) is 20.8 Å². The molecule has 0 spiro atoms. The van der Waals surface area contributed by atoms with Gasteiger partial charge in [-0.15, -0.1) is 0 Å². The molecule has 1 aliphatic heterocycles. The number of aliphatic hydroxyl groups is 1. The molecule has 4 atom stereocenters. The van der Waals surface area contributed by atoms with Crippen LogP contribution in [0.3, 0.4) is 0 Å². The number of rotatable bonds is 3. The lowest BCUT2D eigenvalue weighted by Gasteiger charge is -2.24. The van der Waals surface area contributed by atoms with Gasteiger partial charge in [0.1, 0.15) is 6.67 Å². The molecule has 0 aliphatic carbocycles. The lowest BCUT2D eigenvalue weighted by atomic mass is 9.95. The summed E-state index contributed by atoms with van der Waals surface area (Å²) < 4.78 is 12.1. The first-order valence-electron chi connectivity index (χ1n) is 5.04. The lowest BCUT2D eigenvalue weighted by Crippen LogP contribution is -2.37. The molecule has 1 aliphatic rings. The van der Waals surface area contributed by atoms with E-state index in [0.29, 0.717) is 24.4 Å². The van der Waals surface area contributed by atoms with Crippen LogP contribution in [0, 0.1) is 11.8 Å². The summed E-state index contributed by atoms with van der Waals surface area (Å²) in [7, 11) is 0. The Kier molecular flexibility index (Phi) is 3.68. The van der Waals surface area contributed by atoms with E-state index in [1.54, 1.807) is 0 Å². The molecule has 0 aromatic carbocycles. The van der Waals surface area contributed by atoms with E-state index in [1.807, 2.05) is 0 Å². The zero-order chi connectivity index (χ0) is 10.0. The van der Waals surface area contributed by atoms with Gasteiger partial charge in [0.2, 0.25) is 0 Å². The van der Waals surface area contributed by atoms with Gasteiger partial charge < -0.3 is 5.11 Å². The molecule has 0 radical (unpaired) electrons. The van der Waals surface area contributed by atoms with Crippen LogP contribution in [0.5, 0.6) is 0 Å². The summed E-state index contributed by atoms with van der Waals surface area (Å²) in [5, 5.41) is 9.19. The molecule has 2 nitrogen and oxygen atoms in total. The zero-order valence-electron chi connectivity index (χ0n) is 8.70. The number of alkyl halides is 1. The predicted octanol–water partition coefficient (Wildman–Crippen LogP) is 1.29. The van der Waals surface area contributed by atoms with E-state index >= 15 is 0 Å². The zero-order valence-corrected chi connectivity index (χ0v) is 8.70. The van der Waals surface area contributed by atoms with Crippen molar-refractivity contribution >= 4 is 0 Å². The average Bonchev–Trinajstić information content (AvgIpc) is 2.34. The van der Waals surface area contributed by atoms with Crippen molar-refractivity contribution in [2.75, 3.05) is 19.8 Å². The summed E-state index contributed by atoms with van der Waals surface area (Å²) in [4.78, 5) is 2.18. The maximum Gasteiger partial charge on any atom is 0.117 e. The molecule has 1 heterocycles. The van der Waals surface area contributed by atoms with Gasteiger partial charge in [-0.25, -0.2) is 4.39 Å². The molecule has 3 heteroatoms. The van der Waals surface area contributed by atoms with Crippen LogP contribution in [0.2, 0.25) is 0 Å². The topological polar surface area (TPSA) is 23.5 Å². The Hall–Kier alpha value is -0.150. The minimum absolute atomic E-state index is 0.469. The molecule has 0 aromatic heterocycles. The number of aliphatic hydroxyl groups excluding tert-OH is 1. The smallest absolute Gasteiger partial charge is 0.117 e. The van der Waals surface area contributed by atoms with Gasteiger partial charge >= 0.3 is 0 Å². The van der Waals surface area contributed by atoms with Crippen LogP contribution >= 0.6 is 0 Å². The number of likely N-dealkylation sites (tertiary alicyclic amines) is 1. The van der Waals surface area contributed by atoms with E-state index in [2.05, 4.69) is 25.7 Å². The van der Waals surface area contributed by atoms with E-state index < -0.39 is 12.8 Å². The number of hydrogen-bond acceptors (Lipinski definition) is 2. The van der Waals surface area contributed by atoms with Crippen molar-refractivity contribution in [3.05, 3.63) is 0 Å². The van der Waals surface area contributed by atoms with Crippen LogP contribution in [-0.4, -0.2) is 41.9 Å². The molecular weight excluding hydrogens is 169 g/mol. The number of hydrogen-bond donors (Lipinski definition) is 1. The third kappa shape index (κ3) is 2.41. The minimum Gasteiger partial charge on any atom is -0.389 e. The molecule has 1 saturated heterocycles. The quantitative estimate of drug-likeness (QED) is 0.723. The van der Waals surface area contributed by atoms with Gasteiger partial charge in [-0.05, 0) is 18.8 Å². The number of β-amino-alcohol motifs (C(OH)–C–C–N with tert-alkyl or cyclic N) is 1. The fraction of sp³-hybridized carbons (Fsp3) is 1.00. The van der Waals surface area contributed by atoms with E-state index in [0.717, 1.165) is 6.54 Å². The van der Waals surface area contributed by atoms with Gasteiger partial charge in [-0.1, -0.05) is 13.8 Å². The van der Waals surface area contributed by atoms with Crippen molar-refractivity contribution in [2.45, 2.75) is 32.9 Å². The Bertz CT molecular complexity index is 165. The Morgan fingerprint density at radius 2 is 2.08 bits per heavy atom. The van der Waals surface area contributed by atoms with Crippen LogP contribution in [0.4, 0.5) is 4.39 Å². The summed E-state index contributed by atoms with van der Waals surface area (Å²) in [6.07, 6.45) is -0.806. The van der Waals surface area contributed by atoms with Crippen LogP contribution in [0.25, 0.3) is 0 Å². The van der Waals surface area contributed by atoms with Crippen LogP contribution < -0.4 is 0 Å². The molecule has 0 aromatic rings. The molecule has 0 bridgehead atoms. The third-order valence-corrected chi connectivity index (χ3v) is 3.38. The molecular formula is C10H20FNO. The van der Waals surface area contributed by atoms with Gasteiger partial charge in [-0.3, -0.25) is 4.90 Å². The molecule has 0 saturated carbocycles. The maximum atomic E-state index is 12.1. The summed E-state index contributed by atoms with van der Waals surface area (Å²) in [5.41, 5.74) is 0. The first-order chi connectivity index (χ1) is 6.06. The Morgan fingerprint density at radius 1 is 1.46 bits per heavy atom. The minimum atomic E-state index is -0.806. The number of nitrogens with zero attached hydrogens (tertiary/aromatic N) is 1. The van der Waals surface area contributed by atoms with Crippen molar-refractivity contribution in [3.63, 3.8) is 0 Å². The molecule has 1 rings (SSSR count). The van der Waals surface area contributed by atoms with Gasteiger partial charge in [0.05, 0.1) is 6.10 Å². The standard InChI is InChI=1S/C10H20FNO/c1-7-5-12(6-10(13)4-11)9(3)8(7)2/h7-10,13H,4-6H2,1-3H3. The fourth-order valence-corrected chi connectivity index (χ4v) is 2.07. The monoisotopic (exact) mass is 189 g/mol. The first kappa shape index (κ1) is 10.9. The Labute approximate surface area is 79.7 Å². The van der Waals surface area contributed by atoms with Crippen LogP contribution in [0.15, 0.2) is 0 Å². The van der Waals surface area contributed by atoms with E-state index in [4.69, 9.17) is 0 Å². The van der Waals surface area contributed by atoms with Gasteiger partial charge in [0.25, 0.3) is 0 Å². The van der Waals surface area contributed by atoms with Gasteiger partial charge in [0.15, 0.2) is 0 Å². The third-order valence-electron chi connectivity index (χ3n) is 3.38. The second kappa shape index (κ2) is 4.38. The van der Waals surface area contributed by atoms with Crippen molar-refractivity contribution in [1.29, 1.82) is 0 Å². The Morgan fingerprint density at radius 3 is 2.46 bits per heavy atom. The second-order valence-electron chi connectivity index (χ2n) is 4.34. The molecule has 4 unspecified atom stereocenters. The average molecular weight is 189 g/mol. The predicted molar refractivity (Wildman–Crippen MR) is 51.3 cm³/mol. The molecule has 1 N–H and O–H groups in total. The Balaban J connectivity index is 2.44. The highest BCUT2D eigenvalue weighted by atomic mass is 19.1. The van der Waals surface area contributed by atoms with E-state index in [1.165, 1.54) is 0 Å². The SMILES string of the molecule is CC1CN(CC(O)CF)C(C)C1C. The lowest BCUT2D eigenvalue weighted by molar-refractivity contribution is 0.0836. The highest BCUT2D eigenvalue weighted by molar-refractivity contribution is 4.86. The van der Waals surface area contributed by atoms with Gasteiger partial charge in [-0.2, -0.15) is 0 Å². The van der Waals surface area contributed by atoms with Crippen molar-refractivity contribution < 1.29 is 9.50 Å². The summed E-state index contributed by atoms with van der Waals surface area (Å²) in [6, 6.07) is 0.469. The molecule has 78 valence electrons. The first-order valence-corrected chi connectivity index (χ1v) is 5.04.